The Bertz CT molecular complexity index is 1830. The summed E-state index contributed by atoms with van der Waals surface area (Å²) in [6.45, 7) is 16.4. The average molecular weight is 770 g/mol. The van der Waals surface area contributed by atoms with Gasteiger partial charge in [-0.3, -0.25) is 9.98 Å². The first-order valence-corrected chi connectivity index (χ1v) is 17.4. The molecule has 0 bridgehead atoms. The number of benzene rings is 4. The van der Waals surface area contributed by atoms with Crippen LogP contribution >= 0.6 is 0 Å². The number of phenolic OH excluding ortho intramolecular Hbond substituents is 2. The van der Waals surface area contributed by atoms with Crippen LogP contribution in [0.2, 0.25) is 0 Å². The van der Waals surface area contributed by atoms with Gasteiger partial charge in [-0.2, -0.15) is 0 Å². The number of aromatic carboxylic acids is 2. The van der Waals surface area contributed by atoms with Crippen LogP contribution in [0, 0.1) is 27.7 Å². The molecular formula is C42H50N2NiO8. The molecule has 4 aromatic carbocycles. The van der Waals surface area contributed by atoms with Gasteiger partial charge < -0.3 is 40.2 Å². The number of phenols is 4. The minimum atomic E-state index is -1.48. The largest absolute Gasteiger partial charge is 2.00 e. The molecule has 0 spiro atoms. The predicted octanol–water partition coefficient (Wildman–Crippen LogP) is 7.41. The molecule has 0 radical (unpaired) electrons. The van der Waals surface area contributed by atoms with E-state index in [0.717, 1.165) is 48.5 Å². The van der Waals surface area contributed by atoms with Crippen LogP contribution in [0.25, 0.3) is 0 Å². The van der Waals surface area contributed by atoms with Gasteiger partial charge in [-0.1, -0.05) is 58.4 Å². The molecule has 4 N–H and O–H groups in total. The molecule has 53 heavy (non-hydrogen) atoms. The Morgan fingerprint density at radius 3 is 1.25 bits per heavy atom. The molecule has 0 saturated heterocycles. The van der Waals surface area contributed by atoms with Crippen molar-refractivity contribution in [2.75, 3.05) is 0 Å². The third-order valence-electron chi connectivity index (χ3n) is 8.03. The summed E-state index contributed by atoms with van der Waals surface area (Å²) in [5.41, 5.74) is 9.52. The van der Waals surface area contributed by atoms with Crippen molar-refractivity contribution >= 4 is 34.7 Å². The smallest absolute Gasteiger partial charge is 0.545 e. The fraction of sp³-hybridized carbons (Fsp3) is 0.333. The van der Waals surface area contributed by atoms with Crippen molar-refractivity contribution in [1.82, 2.24) is 0 Å². The predicted molar refractivity (Wildman–Crippen MR) is 203 cm³/mol. The number of carboxylic acids is 2. The van der Waals surface area contributed by atoms with Crippen molar-refractivity contribution in [3.05, 3.63) is 105 Å². The molecule has 0 saturated carbocycles. The van der Waals surface area contributed by atoms with E-state index in [-0.39, 0.29) is 27.6 Å². The Balaban J connectivity index is 0.000000437. The van der Waals surface area contributed by atoms with Crippen LogP contribution in [0.15, 0.2) is 70.6 Å². The second-order valence-electron chi connectivity index (χ2n) is 12.5. The topological polar surface area (TPSA) is 186 Å². The van der Waals surface area contributed by atoms with E-state index in [0.29, 0.717) is 24.0 Å². The van der Waals surface area contributed by atoms with Gasteiger partial charge in [0.1, 0.15) is 0 Å². The number of aryl methyl sites for hydroxylation is 6. The summed E-state index contributed by atoms with van der Waals surface area (Å²) in [4.78, 5) is 31.1. The van der Waals surface area contributed by atoms with Crippen LogP contribution in [-0.2, 0) is 29.3 Å². The van der Waals surface area contributed by atoms with Crippen LogP contribution in [0.4, 0.5) is 11.4 Å². The molecule has 0 fully saturated rings. The van der Waals surface area contributed by atoms with Crippen molar-refractivity contribution in [1.29, 1.82) is 0 Å². The van der Waals surface area contributed by atoms with E-state index < -0.39 is 34.9 Å². The van der Waals surface area contributed by atoms with Crippen molar-refractivity contribution in [2.45, 2.75) is 93.9 Å². The zero-order chi connectivity index (χ0) is 39.1. The van der Waals surface area contributed by atoms with Crippen LogP contribution in [0.1, 0.15) is 107 Å². The molecule has 0 amide bonds. The molecular weight excluding hydrogens is 719 g/mol. The second kappa shape index (κ2) is 22.0. The molecule has 4 aromatic rings. The minimum Gasteiger partial charge on any atom is -0.545 e. The maximum absolute atomic E-state index is 10.6. The van der Waals surface area contributed by atoms with Gasteiger partial charge in [-0.05, 0) is 130 Å². The number of unbranched alkanes of at least 4 members (excludes halogenated alkanes) is 1. The Labute approximate surface area is 322 Å². The molecule has 11 heteroatoms. The van der Waals surface area contributed by atoms with E-state index in [2.05, 4.69) is 77.9 Å². The molecule has 0 aliphatic carbocycles. The van der Waals surface area contributed by atoms with Crippen molar-refractivity contribution in [3.63, 3.8) is 0 Å². The molecule has 0 unspecified atom stereocenters. The molecule has 10 nitrogen and oxygen atoms in total. The Hall–Kier alpha value is -5.15. The minimum absolute atomic E-state index is 0. The summed E-state index contributed by atoms with van der Waals surface area (Å²) >= 11 is 0. The summed E-state index contributed by atoms with van der Waals surface area (Å²) < 4.78 is 0. The number of hydrogen-bond acceptors (Lipinski definition) is 10. The first-order valence-electron chi connectivity index (χ1n) is 17.4. The Kier molecular flexibility index (Phi) is 19.1. The van der Waals surface area contributed by atoms with E-state index in [1.165, 1.54) is 46.5 Å². The standard InChI is InChI=1S/C24H32N2.2C9H10O4.Ni/c1-7-9-10-24(26-22-15-19(5)12-20(6)16-22)23(8-2)25-21-13-17(3)11-18(4)14-21;2*1-2-5-3-4-6(10)8(11)7(5)9(12)13;/h11-16H,7-10H2,1-6H3;2*3-4,10-11H,2H2,1H3,(H,12,13);/q;;;+2/p-2. The molecule has 0 aliphatic rings. The third kappa shape index (κ3) is 13.7. The van der Waals surface area contributed by atoms with Gasteiger partial charge in [0.2, 0.25) is 0 Å². The van der Waals surface area contributed by atoms with Crippen LogP contribution in [-0.4, -0.2) is 43.8 Å². The second-order valence-corrected chi connectivity index (χ2v) is 12.5. The number of rotatable bonds is 11. The first kappa shape index (κ1) is 45.9. The van der Waals surface area contributed by atoms with E-state index in [1.54, 1.807) is 13.8 Å². The van der Waals surface area contributed by atoms with Gasteiger partial charge in [0.15, 0.2) is 23.0 Å². The maximum atomic E-state index is 10.6. The number of aliphatic imine (C=N–C) groups is 2. The van der Waals surface area contributed by atoms with E-state index in [1.807, 2.05) is 0 Å². The first-order chi connectivity index (χ1) is 24.6. The average Bonchev–Trinajstić information content (AvgIpc) is 3.07. The number of aromatic hydroxyl groups is 4. The van der Waals surface area contributed by atoms with Gasteiger partial charge in [0.25, 0.3) is 0 Å². The summed E-state index contributed by atoms with van der Waals surface area (Å²) in [7, 11) is 0. The van der Waals surface area contributed by atoms with Crippen molar-refractivity contribution in [2.24, 2.45) is 9.98 Å². The summed E-state index contributed by atoms with van der Waals surface area (Å²) in [6.07, 6.45) is 5.07. The van der Waals surface area contributed by atoms with E-state index in [9.17, 15) is 30.0 Å². The number of nitrogens with zero attached hydrogens (tertiary/aromatic N) is 2. The zero-order valence-corrected chi connectivity index (χ0v) is 32.6. The SMILES string of the molecule is CCCCC(=Nc1cc(C)cc(C)c1)C(CC)=Nc1cc(C)cc(C)c1.CCc1ccc(O)c(O)c1C(=O)[O-].CCc1ccc(O)c(O)c1C(=O)[O-].[Ni+2]. The fourth-order valence-electron chi connectivity index (χ4n) is 5.59. The van der Waals surface area contributed by atoms with Crippen LogP contribution in [0.3, 0.4) is 0 Å². The number of hydrogen-bond donors (Lipinski definition) is 4. The quantitative estimate of drug-likeness (QED) is 0.0690. The molecule has 0 heterocycles. The van der Waals surface area contributed by atoms with Crippen molar-refractivity contribution in [3.8, 4) is 23.0 Å². The fourth-order valence-corrected chi connectivity index (χ4v) is 5.59. The maximum Gasteiger partial charge on any atom is 2.00 e. The summed E-state index contributed by atoms with van der Waals surface area (Å²) in [6, 6.07) is 18.4. The normalized spacial score (nSPS) is 11.0. The van der Waals surface area contributed by atoms with E-state index in [4.69, 9.17) is 20.2 Å². The molecule has 0 aliphatic heterocycles. The van der Waals surface area contributed by atoms with Crippen LogP contribution in [0.5, 0.6) is 23.0 Å². The molecule has 0 aromatic heterocycles. The van der Waals surface area contributed by atoms with E-state index >= 15 is 0 Å². The Morgan fingerprint density at radius 2 is 0.943 bits per heavy atom. The van der Waals surface area contributed by atoms with Gasteiger partial charge in [-0.15, -0.1) is 0 Å². The van der Waals surface area contributed by atoms with Crippen molar-refractivity contribution < 1.29 is 56.7 Å². The number of carboxylic acid groups (broad SMARTS) is 2. The Morgan fingerprint density at radius 1 is 0.585 bits per heavy atom. The summed E-state index contributed by atoms with van der Waals surface area (Å²) in [5, 5.41) is 57.6. The van der Waals surface area contributed by atoms with Gasteiger partial charge >= 0.3 is 16.5 Å². The van der Waals surface area contributed by atoms with Crippen LogP contribution < -0.4 is 10.2 Å². The number of carbonyl (C=O) groups is 2. The van der Waals surface area contributed by atoms with Gasteiger partial charge in [0.05, 0.1) is 34.7 Å². The van der Waals surface area contributed by atoms with Gasteiger partial charge in [0, 0.05) is 11.1 Å². The zero-order valence-electron chi connectivity index (χ0n) is 31.6. The summed E-state index contributed by atoms with van der Waals surface area (Å²) in [5.74, 6) is -5.11. The molecule has 0 atom stereocenters. The third-order valence-corrected chi connectivity index (χ3v) is 8.03. The molecule has 4 rings (SSSR count). The van der Waals surface area contributed by atoms with Gasteiger partial charge in [-0.25, -0.2) is 0 Å². The monoisotopic (exact) mass is 768 g/mol. The molecule has 286 valence electrons. The number of carbonyl (C=O) groups excluding carboxylic acids is 2.